The van der Waals surface area contributed by atoms with Gasteiger partial charge in [-0.1, -0.05) is 56.7 Å². The topological polar surface area (TPSA) is 92.9 Å². The van der Waals surface area contributed by atoms with Crippen LogP contribution in [-0.4, -0.2) is 55.1 Å². The van der Waals surface area contributed by atoms with E-state index in [1.807, 2.05) is 47.5 Å². The minimum absolute atomic E-state index is 0.0392. The molecule has 2 fully saturated rings. The summed E-state index contributed by atoms with van der Waals surface area (Å²) in [7, 11) is 4.70. The van der Waals surface area contributed by atoms with Gasteiger partial charge in [0.1, 0.15) is 6.04 Å². The standard InChI is InChI=1S/C33H43N3O5/c1-39-28-18-22(19-29(40-2)32(28)41-3)31(33(38)35-24-12-6-4-7-13-24)36(25-14-8-5-9-15-25)30(37)20-23-21-34-27-17-11-10-16-26(23)27/h10-11,16-19,21,24-25,31,34H,4-9,12-15,20H2,1-3H3,(H,35,38). The second-order valence-corrected chi connectivity index (χ2v) is 11.3. The van der Waals surface area contributed by atoms with E-state index in [2.05, 4.69) is 10.3 Å². The van der Waals surface area contributed by atoms with Crippen LogP contribution in [0.4, 0.5) is 0 Å². The van der Waals surface area contributed by atoms with Gasteiger partial charge < -0.3 is 29.4 Å². The fourth-order valence-electron chi connectivity index (χ4n) is 6.67. The number of benzene rings is 2. The first kappa shape index (κ1) is 28.8. The van der Waals surface area contributed by atoms with Gasteiger partial charge in [0.2, 0.25) is 17.6 Å². The van der Waals surface area contributed by atoms with Crippen LogP contribution in [0, 0.1) is 0 Å². The van der Waals surface area contributed by atoms with E-state index in [0.29, 0.717) is 22.8 Å². The highest BCUT2D eigenvalue weighted by atomic mass is 16.5. The molecule has 1 aromatic heterocycles. The third-order valence-electron chi connectivity index (χ3n) is 8.75. The average molecular weight is 562 g/mol. The number of aromatic amines is 1. The van der Waals surface area contributed by atoms with E-state index in [9.17, 15) is 9.59 Å². The molecule has 2 amide bonds. The molecule has 8 heteroatoms. The number of H-pyrrole nitrogens is 1. The molecule has 0 radical (unpaired) electrons. The quantitative estimate of drug-likeness (QED) is 0.313. The first-order valence-corrected chi connectivity index (χ1v) is 15.0. The largest absolute Gasteiger partial charge is 0.493 e. The molecule has 3 aromatic rings. The Labute approximate surface area is 242 Å². The molecule has 0 spiro atoms. The van der Waals surface area contributed by atoms with Crippen molar-refractivity contribution in [2.24, 2.45) is 0 Å². The molecule has 0 aliphatic heterocycles. The third-order valence-corrected chi connectivity index (χ3v) is 8.75. The third kappa shape index (κ3) is 6.31. The smallest absolute Gasteiger partial charge is 0.247 e. The maximum atomic E-state index is 14.4. The number of rotatable bonds is 10. The van der Waals surface area contributed by atoms with E-state index in [4.69, 9.17) is 14.2 Å². The van der Waals surface area contributed by atoms with Gasteiger partial charge in [0.25, 0.3) is 0 Å². The van der Waals surface area contributed by atoms with Crippen molar-refractivity contribution in [2.75, 3.05) is 21.3 Å². The summed E-state index contributed by atoms with van der Waals surface area (Å²) in [4.78, 5) is 34.0. The van der Waals surface area contributed by atoms with Crippen LogP contribution < -0.4 is 19.5 Å². The van der Waals surface area contributed by atoms with Crippen molar-refractivity contribution in [3.8, 4) is 17.2 Å². The van der Waals surface area contributed by atoms with Crippen LogP contribution in [0.3, 0.4) is 0 Å². The summed E-state index contributed by atoms with van der Waals surface area (Å²) in [5.41, 5.74) is 2.59. The number of carbonyl (C=O) groups is 2. The van der Waals surface area contributed by atoms with Crippen LogP contribution in [0.2, 0.25) is 0 Å². The van der Waals surface area contributed by atoms with Crippen LogP contribution in [0.25, 0.3) is 10.9 Å². The van der Waals surface area contributed by atoms with Gasteiger partial charge in [-0.3, -0.25) is 9.59 Å². The molecular formula is C33H43N3O5. The van der Waals surface area contributed by atoms with E-state index in [-0.39, 0.29) is 30.3 Å². The van der Waals surface area contributed by atoms with E-state index in [1.54, 1.807) is 21.3 Å². The molecule has 2 aliphatic carbocycles. The second-order valence-electron chi connectivity index (χ2n) is 11.3. The predicted molar refractivity (Wildman–Crippen MR) is 160 cm³/mol. The zero-order valence-electron chi connectivity index (χ0n) is 24.5. The van der Waals surface area contributed by atoms with Gasteiger partial charge in [-0.25, -0.2) is 0 Å². The number of amides is 2. The molecule has 1 heterocycles. The van der Waals surface area contributed by atoms with Crippen LogP contribution >= 0.6 is 0 Å². The Kier molecular flexibility index (Phi) is 9.37. The monoisotopic (exact) mass is 561 g/mol. The molecule has 220 valence electrons. The number of nitrogens with zero attached hydrogens (tertiary/aromatic N) is 1. The van der Waals surface area contributed by atoms with Crippen LogP contribution in [0.1, 0.15) is 81.4 Å². The second kappa shape index (κ2) is 13.3. The number of aromatic nitrogens is 1. The number of hydrogen-bond acceptors (Lipinski definition) is 5. The van der Waals surface area contributed by atoms with Crippen molar-refractivity contribution >= 4 is 22.7 Å². The lowest BCUT2D eigenvalue weighted by Crippen LogP contribution is -2.51. The Bertz CT molecular complexity index is 1310. The normalized spacial score (nSPS) is 17.1. The fraction of sp³-hybridized carbons (Fsp3) is 0.515. The van der Waals surface area contributed by atoms with Crippen molar-refractivity contribution in [1.29, 1.82) is 0 Å². The molecule has 2 aliphatic rings. The van der Waals surface area contributed by atoms with Gasteiger partial charge in [0.15, 0.2) is 11.5 Å². The van der Waals surface area contributed by atoms with E-state index in [0.717, 1.165) is 74.3 Å². The minimum atomic E-state index is -0.827. The van der Waals surface area contributed by atoms with Gasteiger partial charge in [0.05, 0.1) is 27.8 Å². The van der Waals surface area contributed by atoms with Gasteiger partial charge in [-0.05, 0) is 55.0 Å². The minimum Gasteiger partial charge on any atom is -0.493 e. The maximum absolute atomic E-state index is 14.4. The lowest BCUT2D eigenvalue weighted by molar-refractivity contribution is -0.144. The van der Waals surface area contributed by atoms with Gasteiger partial charge in [-0.2, -0.15) is 0 Å². The van der Waals surface area contributed by atoms with Crippen molar-refractivity contribution in [2.45, 2.75) is 88.8 Å². The summed E-state index contributed by atoms with van der Waals surface area (Å²) in [5.74, 6) is 1.18. The lowest BCUT2D eigenvalue weighted by atomic mass is 9.90. The molecule has 2 saturated carbocycles. The SMILES string of the molecule is COc1cc(C(C(=O)NC2CCCCC2)N(C(=O)Cc2c[nH]c3ccccc23)C2CCCCC2)cc(OC)c1OC. The highest BCUT2D eigenvalue weighted by molar-refractivity contribution is 5.93. The molecule has 1 unspecified atom stereocenters. The summed E-state index contributed by atoms with van der Waals surface area (Å²) < 4.78 is 16.9. The summed E-state index contributed by atoms with van der Waals surface area (Å²) in [5, 5.41) is 4.36. The summed E-state index contributed by atoms with van der Waals surface area (Å²) >= 11 is 0. The van der Waals surface area contributed by atoms with E-state index >= 15 is 0 Å². The molecule has 2 N–H and O–H groups in total. The first-order valence-electron chi connectivity index (χ1n) is 15.0. The summed E-state index contributed by atoms with van der Waals surface area (Å²) in [6.07, 6.45) is 12.4. The molecule has 1 atom stereocenters. The average Bonchev–Trinajstić information content (AvgIpc) is 3.42. The zero-order chi connectivity index (χ0) is 28.8. The van der Waals surface area contributed by atoms with Crippen LogP contribution in [0.15, 0.2) is 42.6 Å². The van der Waals surface area contributed by atoms with Gasteiger partial charge in [0, 0.05) is 29.2 Å². The Morgan fingerprint density at radius 1 is 0.902 bits per heavy atom. The van der Waals surface area contributed by atoms with Crippen molar-refractivity contribution in [1.82, 2.24) is 15.2 Å². The number of ether oxygens (including phenoxy) is 3. The Hall–Kier alpha value is -3.68. The molecule has 5 rings (SSSR count). The lowest BCUT2D eigenvalue weighted by Gasteiger charge is -2.40. The highest BCUT2D eigenvalue weighted by Gasteiger charge is 2.39. The zero-order valence-corrected chi connectivity index (χ0v) is 24.5. The number of methoxy groups -OCH3 is 3. The predicted octanol–water partition coefficient (Wildman–Crippen LogP) is 6.09. The van der Waals surface area contributed by atoms with Crippen LogP contribution in [0.5, 0.6) is 17.2 Å². The van der Waals surface area contributed by atoms with Crippen molar-refractivity contribution < 1.29 is 23.8 Å². The molecule has 8 nitrogen and oxygen atoms in total. The Morgan fingerprint density at radius 3 is 2.17 bits per heavy atom. The van der Waals surface area contributed by atoms with Gasteiger partial charge in [-0.15, -0.1) is 0 Å². The molecule has 0 saturated heterocycles. The number of fused-ring (bicyclic) bond motifs is 1. The summed E-state index contributed by atoms with van der Waals surface area (Å²) in [6, 6.07) is 10.9. The van der Waals surface area contributed by atoms with E-state index < -0.39 is 6.04 Å². The number of hydrogen-bond donors (Lipinski definition) is 2. The molecule has 0 bridgehead atoms. The van der Waals surface area contributed by atoms with Crippen molar-refractivity contribution in [3.63, 3.8) is 0 Å². The van der Waals surface area contributed by atoms with Crippen LogP contribution in [-0.2, 0) is 16.0 Å². The number of nitrogens with one attached hydrogen (secondary N) is 2. The summed E-state index contributed by atoms with van der Waals surface area (Å²) in [6.45, 7) is 0. The Morgan fingerprint density at radius 2 is 1.54 bits per heavy atom. The Balaban J connectivity index is 1.58. The molecular weight excluding hydrogens is 518 g/mol. The number of carbonyl (C=O) groups excluding carboxylic acids is 2. The van der Waals surface area contributed by atoms with E-state index in [1.165, 1.54) is 6.42 Å². The highest BCUT2D eigenvalue weighted by Crippen LogP contribution is 2.42. The van der Waals surface area contributed by atoms with Gasteiger partial charge >= 0.3 is 0 Å². The maximum Gasteiger partial charge on any atom is 0.247 e. The number of para-hydroxylation sites is 1. The fourth-order valence-corrected chi connectivity index (χ4v) is 6.67. The van der Waals surface area contributed by atoms with Crippen molar-refractivity contribution in [3.05, 3.63) is 53.7 Å². The first-order chi connectivity index (χ1) is 20.0. The molecule has 41 heavy (non-hydrogen) atoms. The molecule has 2 aromatic carbocycles.